The maximum atomic E-state index is 13.0. The summed E-state index contributed by atoms with van der Waals surface area (Å²) in [6, 6.07) is -2.04. The number of β-lactam (4-membered cyclic amide) rings is 1. The van der Waals surface area contributed by atoms with Crippen molar-refractivity contribution in [3.8, 4) is 17.3 Å². The molecule has 47 heavy (non-hydrogen) atoms. The fourth-order valence-electron chi connectivity index (χ4n) is 3.71. The van der Waals surface area contributed by atoms with Crippen molar-refractivity contribution in [2.45, 2.75) is 38.5 Å². The van der Waals surface area contributed by atoms with Crippen molar-refractivity contribution in [2.24, 2.45) is 5.16 Å². The Kier molecular flexibility index (Phi) is 9.48. The third-order valence-electron chi connectivity index (χ3n) is 6.29. The molecule has 3 aromatic heterocycles. The lowest BCUT2D eigenvalue weighted by molar-refractivity contribution is -0.161. The number of aliphatic hydroxyl groups is 1. The fraction of sp³-hybridized carbons (Fsp3) is 0.348. The molecule has 0 spiro atoms. The second kappa shape index (κ2) is 13.0. The second-order valence-electron chi connectivity index (χ2n) is 10.1. The normalized spacial score (nSPS) is 15.2. The number of oxime groups is 1. The number of thiazole rings is 1. The van der Waals surface area contributed by atoms with E-state index in [1.165, 1.54) is 10.1 Å². The molecule has 1 aliphatic heterocycles. The zero-order chi connectivity index (χ0) is 34.8. The Bertz CT molecular complexity index is 2010. The lowest BCUT2D eigenvalue weighted by Crippen LogP contribution is -2.68. The van der Waals surface area contributed by atoms with Crippen LogP contribution >= 0.6 is 11.3 Å². The fourth-order valence-corrected chi connectivity index (χ4v) is 5.16. The van der Waals surface area contributed by atoms with Crippen LogP contribution in [0.15, 0.2) is 32.4 Å². The number of anilines is 1. The van der Waals surface area contributed by atoms with Crippen LogP contribution in [0.3, 0.4) is 0 Å². The number of hydrogen-bond donors (Lipinski definition) is 7. The monoisotopic (exact) mass is 698 g/mol. The SMILES string of the molecule is CC(C)(ON=C(C(=O)N[C@H]1CN(C(=O)NS(=O)(=O)n2nc(-c3cc(=O)c(O)c[nH]3)n(CCCO)c2=O)C1=O)c1csc(N)n1)C(=O)O. The summed E-state index contributed by atoms with van der Waals surface area (Å²) in [7, 11) is -5.12. The number of carboxylic acids is 1. The predicted molar refractivity (Wildman–Crippen MR) is 158 cm³/mol. The summed E-state index contributed by atoms with van der Waals surface area (Å²) in [5, 5.41) is 38.8. The Morgan fingerprint density at radius 3 is 2.55 bits per heavy atom. The standard InChI is InChI=1S/C23H26N10O12S2/c1-23(2,19(39)40)45-29-15(12-9-46-20(24)27-12)17(37)26-11-8-32(18(11)38)21(41)30-47(43,44)33-22(42)31(4-3-5-34)16(28-33)10-6-13(35)14(36)7-25-10/h6-7,9,11,34,36H,3-5,8H2,1-2H3,(H2,24,27)(H,25,35)(H,26,37)(H,30,41)(H,39,40)/t11-/m0/s1. The molecular weight excluding hydrogens is 672 g/mol. The molecule has 4 amide bonds. The minimum atomic E-state index is -5.12. The highest BCUT2D eigenvalue weighted by atomic mass is 32.2. The number of imide groups is 1. The Balaban J connectivity index is 1.50. The van der Waals surface area contributed by atoms with E-state index in [1.54, 1.807) is 0 Å². The summed E-state index contributed by atoms with van der Waals surface area (Å²) in [4.78, 5) is 86.4. The lowest BCUT2D eigenvalue weighted by atomic mass is 10.1. The number of carboxylic acid groups (broad SMARTS) is 1. The molecule has 4 rings (SSSR count). The number of aromatic nitrogens is 5. The Morgan fingerprint density at radius 1 is 1.28 bits per heavy atom. The summed E-state index contributed by atoms with van der Waals surface area (Å²) < 4.78 is 28.2. The smallest absolute Gasteiger partial charge is 0.362 e. The Labute approximate surface area is 266 Å². The van der Waals surface area contributed by atoms with E-state index in [0.717, 1.165) is 42.0 Å². The van der Waals surface area contributed by atoms with Crippen molar-refractivity contribution in [3.05, 3.63) is 44.0 Å². The summed E-state index contributed by atoms with van der Waals surface area (Å²) >= 11 is 0.925. The first-order valence-corrected chi connectivity index (χ1v) is 15.4. The summed E-state index contributed by atoms with van der Waals surface area (Å²) in [6.07, 6.45) is 0.845. The molecule has 1 aliphatic rings. The number of carbonyl (C=O) groups is 4. The number of nitrogens with zero attached hydrogens (tertiary/aromatic N) is 6. The maximum absolute atomic E-state index is 13.0. The molecule has 252 valence electrons. The highest BCUT2D eigenvalue weighted by molar-refractivity contribution is 7.88. The molecule has 8 N–H and O–H groups in total. The highest BCUT2D eigenvalue weighted by Gasteiger charge is 2.44. The first-order chi connectivity index (χ1) is 22.0. The minimum Gasteiger partial charge on any atom is -0.503 e. The van der Waals surface area contributed by atoms with Crippen LogP contribution < -0.4 is 26.9 Å². The minimum absolute atomic E-state index is 0.0302. The molecular formula is C23H26N10O12S2. The van der Waals surface area contributed by atoms with E-state index in [9.17, 15) is 52.5 Å². The van der Waals surface area contributed by atoms with E-state index in [0.29, 0.717) is 4.90 Å². The first-order valence-electron chi connectivity index (χ1n) is 13.1. The number of rotatable bonds is 12. The van der Waals surface area contributed by atoms with Crippen LogP contribution in [0.25, 0.3) is 11.5 Å². The van der Waals surface area contributed by atoms with Crippen LogP contribution in [-0.2, 0) is 36.0 Å². The number of hydrogen-bond acceptors (Lipinski definition) is 16. The number of urea groups is 1. The van der Waals surface area contributed by atoms with Crippen LogP contribution in [0.1, 0.15) is 26.0 Å². The predicted octanol–water partition coefficient (Wildman–Crippen LogP) is -3.06. The van der Waals surface area contributed by atoms with Gasteiger partial charge in [-0.1, -0.05) is 9.24 Å². The maximum Gasteiger partial charge on any atom is 0.362 e. The van der Waals surface area contributed by atoms with E-state index >= 15 is 0 Å². The average molecular weight is 699 g/mol. The van der Waals surface area contributed by atoms with Gasteiger partial charge in [0.15, 0.2) is 22.4 Å². The van der Waals surface area contributed by atoms with Gasteiger partial charge in [0.2, 0.25) is 11.0 Å². The molecule has 22 nitrogen and oxygen atoms in total. The molecule has 3 aromatic rings. The van der Waals surface area contributed by atoms with Crippen molar-refractivity contribution in [2.75, 3.05) is 18.9 Å². The molecule has 4 heterocycles. The van der Waals surface area contributed by atoms with Crippen molar-refractivity contribution >= 4 is 56.2 Å². The summed E-state index contributed by atoms with van der Waals surface area (Å²) in [5.41, 5.74) is 0.718. The molecule has 24 heteroatoms. The quantitative estimate of drug-likeness (QED) is 0.0561. The molecule has 0 radical (unpaired) electrons. The Hall–Kier alpha value is -5.62. The molecule has 0 saturated carbocycles. The third-order valence-corrected chi connectivity index (χ3v) is 8.09. The van der Waals surface area contributed by atoms with E-state index < -0.39 is 87.2 Å². The summed E-state index contributed by atoms with van der Waals surface area (Å²) in [6.45, 7) is 1.11. The van der Waals surface area contributed by atoms with Crippen LogP contribution in [0.4, 0.5) is 9.93 Å². The van der Waals surface area contributed by atoms with Crippen LogP contribution in [0, 0.1) is 0 Å². The number of aromatic hydroxyl groups is 1. The third kappa shape index (κ3) is 7.12. The number of aliphatic hydroxyl groups excluding tert-OH is 1. The van der Waals surface area contributed by atoms with Crippen LogP contribution in [0.2, 0.25) is 0 Å². The van der Waals surface area contributed by atoms with Gasteiger partial charge in [-0.15, -0.1) is 16.4 Å². The van der Waals surface area contributed by atoms with Crippen molar-refractivity contribution in [3.63, 3.8) is 0 Å². The number of nitrogens with two attached hydrogens (primary N) is 1. The van der Waals surface area contributed by atoms with Crippen LogP contribution in [0.5, 0.6) is 5.75 Å². The van der Waals surface area contributed by atoms with Crippen molar-refractivity contribution in [1.82, 2.24) is 38.7 Å². The number of aliphatic carboxylic acids is 1. The molecule has 1 saturated heterocycles. The van der Waals surface area contributed by atoms with Gasteiger partial charge in [0.05, 0.1) is 12.2 Å². The number of aromatic amines is 1. The van der Waals surface area contributed by atoms with Gasteiger partial charge in [0.25, 0.3) is 11.8 Å². The number of nitrogens with one attached hydrogen (secondary N) is 3. The average Bonchev–Trinajstić information content (AvgIpc) is 3.57. The van der Waals surface area contributed by atoms with Gasteiger partial charge in [-0.2, -0.15) is 8.42 Å². The van der Waals surface area contributed by atoms with Gasteiger partial charge in [-0.05, 0) is 20.3 Å². The highest BCUT2D eigenvalue weighted by Crippen LogP contribution is 2.18. The van der Waals surface area contributed by atoms with Gasteiger partial charge in [0.1, 0.15) is 11.7 Å². The molecule has 0 bridgehead atoms. The lowest BCUT2D eigenvalue weighted by Gasteiger charge is -2.36. The molecule has 1 atom stereocenters. The molecule has 1 fully saturated rings. The topological polar surface area (TPSA) is 324 Å². The van der Waals surface area contributed by atoms with Gasteiger partial charge >= 0.3 is 27.9 Å². The molecule has 0 aromatic carbocycles. The van der Waals surface area contributed by atoms with E-state index in [2.05, 4.69) is 25.5 Å². The zero-order valence-electron chi connectivity index (χ0n) is 24.2. The number of carbonyl (C=O) groups excluding carboxylic acids is 3. The number of likely N-dealkylation sites (tertiary alicyclic amines) is 1. The van der Waals surface area contributed by atoms with Crippen LogP contribution in [-0.4, -0.2) is 107 Å². The van der Waals surface area contributed by atoms with E-state index in [4.69, 9.17) is 10.6 Å². The summed E-state index contributed by atoms with van der Waals surface area (Å²) in [5.74, 6) is -4.61. The molecule has 0 aliphatic carbocycles. The van der Waals surface area contributed by atoms with E-state index in [1.807, 2.05) is 0 Å². The van der Waals surface area contributed by atoms with Gasteiger partial charge in [-0.25, -0.2) is 24.1 Å². The van der Waals surface area contributed by atoms with E-state index in [-0.39, 0.29) is 33.6 Å². The first kappa shape index (κ1) is 34.3. The number of nitrogen functional groups attached to an aromatic ring is 1. The second-order valence-corrected chi connectivity index (χ2v) is 12.5. The largest absolute Gasteiger partial charge is 0.503 e. The van der Waals surface area contributed by atoms with Gasteiger partial charge in [-0.3, -0.25) is 23.9 Å². The number of pyridine rings is 1. The van der Waals surface area contributed by atoms with Gasteiger partial charge < -0.3 is 36.2 Å². The number of amides is 4. The molecule has 0 unspecified atom stereocenters. The number of H-pyrrole nitrogens is 1. The Morgan fingerprint density at radius 2 is 1.98 bits per heavy atom. The van der Waals surface area contributed by atoms with Crippen molar-refractivity contribution < 1.29 is 47.8 Å². The van der Waals surface area contributed by atoms with Gasteiger partial charge in [0, 0.05) is 30.8 Å². The van der Waals surface area contributed by atoms with Crippen molar-refractivity contribution in [1.29, 1.82) is 0 Å². The zero-order valence-corrected chi connectivity index (χ0v) is 25.9.